The van der Waals surface area contributed by atoms with E-state index < -0.39 is 0 Å². The molecule has 1 aliphatic rings. The smallest absolute Gasteiger partial charge is 0.202 e. The van der Waals surface area contributed by atoms with E-state index in [1.54, 1.807) is 0 Å². The summed E-state index contributed by atoms with van der Waals surface area (Å²) in [5.74, 6) is 1.86. The molecule has 0 saturated heterocycles. The first-order chi connectivity index (χ1) is 7.31. The molecular formula is C12H21N3. The topological polar surface area (TPSA) is 29.9 Å². The third-order valence-electron chi connectivity index (χ3n) is 3.52. The van der Waals surface area contributed by atoms with E-state index in [1.807, 2.05) is 12.4 Å². The lowest BCUT2D eigenvalue weighted by Gasteiger charge is -2.21. The van der Waals surface area contributed by atoms with E-state index in [-0.39, 0.29) is 0 Å². The zero-order valence-electron chi connectivity index (χ0n) is 9.74. The van der Waals surface area contributed by atoms with Crippen LogP contribution in [0.15, 0.2) is 12.4 Å². The van der Waals surface area contributed by atoms with Gasteiger partial charge < -0.3 is 9.88 Å². The number of aryl methyl sites for hydroxylation is 1. The second kappa shape index (κ2) is 4.69. The molecule has 3 nitrogen and oxygen atoms in total. The van der Waals surface area contributed by atoms with Crippen LogP contribution in [0.1, 0.15) is 39.5 Å². The van der Waals surface area contributed by atoms with Crippen LogP contribution >= 0.6 is 0 Å². The van der Waals surface area contributed by atoms with Crippen molar-refractivity contribution in [3.63, 3.8) is 0 Å². The van der Waals surface area contributed by atoms with Crippen LogP contribution in [0.5, 0.6) is 0 Å². The second-order valence-electron chi connectivity index (χ2n) is 4.51. The molecule has 1 saturated carbocycles. The highest BCUT2D eigenvalue weighted by Gasteiger charge is 2.22. The van der Waals surface area contributed by atoms with Gasteiger partial charge in [0.05, 0.1) is 0 Å². The normalized spacial score (nSPS) is 19.3. The predicted octanol–water partition coefficient (Wildman–Crippen LogP) is 2.89. The molecule has 84 valence electrons. The Balaban J connectivity index is 1.95. The molecule has 0 bridgehead atoms. The molecule has 1 atom stereocenters. The summed E-state index contributed by atoms with van der Waals surface area (Å²) in [7, 11) is 0. The van der Waals surface area contributed by atoms with Gasteiger partial charge in [-0.1, -0.05) is 12.8 Å². The van der Waals surface area contributed by atoms with Crippen molar-refractivity contribution in [2.75, 3.05) is 5.32 Å². The minimum absolute atomic E-state index is 0.556. The van der Waals surface area contributed by atoms with Gasteiger partial charge in [-0.05, 0) is 32.6 Å². The molecule has 1 aromatic heterocycles. The third kappa shape index (κ3) is 2.33. The molecule has 15 heavy (non-hydrogen) atoms. The molecule has 1 fully saturated rings. The predicted molar refractivity (Wildman–Crippen MR) is 62.9 cm³/mol. The first-order valence-electron chi connectivity index (χ1n) is 6.09. The lowest BCUT2D eigenvalue weighted by molar-refractivity contribution is 0.478. The molecule has 0 aliphatic heterocycles. The number of rotatable bonds is 4. The second-order valence-corrected chi connectivity index (χ2v) is 4.51. The summed E-state index contributed by atoms with van der Waals surface area (Å²) in [6, 6.07) is 0.556. The Morgan fingerprint density at radius 2 is 2.27 bits per heavy atom. The zero-order valence-corrected chi connectivity index (χ0v) is 9.74. The number of aromatic nitrogens is 2. The number of nitrogens with one attached hydrogen (secondary N) is 1. The molecule has 1 aromatic rings. The molecule has 0 spiro atoms. The maximum Gasteiger partial charge on any atom is 0.202 e. The fourth-order valence-corrected chi connectivity index (χ4v) is 2.48. The number of hydrogen-bond acceptors (Lipinski definition) is 2. The molecule has 1 heterocycles. The largest absolute Gasteiger partial charge is 0.353 e. The molecule has 0 radical (unpaired) electrons. The maximum atomic E-state index is 4.35. The highest BCUT2D eigenvalue weighted by molar-refractivity contribution is 5.27. The van der Waals surface area contributed by atoms with Gasteiger partial charge in [0, 0.05) is 25.0 Å². The van der Waals surface area contributed by atoms with Crippen LogP contribution in [0, 0.1) is 5.92 Å². The summed E-state index contributed by atoms with van der Waals surface area (Å²) < 4.78 is 2.16. The van der Waals surface area contributed by atoms with Crippen molar-refractivity contribution >= 4 is 5.95 Å². The highest BCUT2D eigenvalue weighted by Crippen LogP contribution is 2.28. The first kappa shape index (κ1) is 10.5. The summed E-state index contributed by atoms with van der Waals surface area (Å²) in [5.41, 5.74) is 0. The summed E-state index contributed by atoms with van der Waals surface area (Å²) in [5, 5.41) is 3.54. The van der Waals surface area contributed by atoms with E-state index in [2.05, 4.69) is 28.7 Å². The Kier molecular flexibility index (Phi) is 3.29. The highest BCUT2D eigenvalue weighted by atomic mass is 15.2. The van der Waals surface area contributed by atoms with Crippen LogP contribution < -0.4 is 5.32 Å². The van der Waals surface area contributed by atoms with E-state index in [0.717, 1.165) is 18.4 Å². The van der Waals surface area contributed by atoms with Crippen molar-refractivity contribution in [2.45, 2.75) is 52.1 Å². The Hall–Kier alpha value is -0.990. The molecule has 3 heteroatoms. The van der Waals surface area contributed by atoms with Crippen LogP contribution in [-0.2, 0) is 6.54 Å². The molecule has 0 amide bonds. The van der Waals surface area contributed by atoms with Gasteiger partial charge in [0.2, 0.25) is 5.95 Å². The van der Waals surface area contributed by atoms with E-state index in [0.29, 0.717) is 6.04 Å². The average molecular weight is 207 g/mol. The average Bonchev–Trinajstić information content (AvgIpc) is 2.87. The van der Waals surface area contributed by atoms with Gasteiger partial charge in [0.1, 0.15) is 0 Å². The number of nitrogens with zero attached hydrogens (tertiary/aromatic N) is 2. The van der Waals surface area contributed by atoms with Crippen LogP contribution in [-0.4, -0.2) is 15.6 Å². The van der Waals surface area contributed by atoms with Gasteiger partial charge in [-0.15, -0.1) is 0 Å². The maximum absolute atomic E-state index is 4.35. The van der Waals surface area contributed by atoms with Crippen molar-refractivity contribution < 1.29 is 0 Å². The molecular weight excluding hydrogens is 186 g/mol. The van der Waals surface area contributed by atoms with E-state index in [9.17, 15) is 0 Å². The SMILES string of the molecule is CCn1ccnc1NC(C)C1CCCC1. The summed E-state index contributed by atoms with van der Waals surface area (Å²) >= 11 is 0. The van der Waals surface area contributed by atoms with Gasteiger partial charge in [-0.2, -0.15) is 0 Å². The van der Waals surface area contributed by atoms with E-state index in [4.69, 9.17) is 0 Å². The fourth-order valence-electron chi connectivity index (χ4n) is 2.48. The number of anilines is 1. The fraction of sp³-hybridized carbons (Fsp3) is 0.750. The monoisotopic (exact) mass is 207 g/mol. The summed E-state index contributed by atoms with van der Waals surface area (Å²) in [4.78, 5) is 4.35. The van der Waals surface area contributed by atoms with Gasteiger partial charge >= 0.3 is 0 Å². The minimum Gasteiger partial charge on any atom is -0.353 e. The molecule has 2 rings (SSSR count). The van der Waals surface area contributed by atoms with E-state index >= 15 is 0 Å². The Morgan fingerprint density at radius 1 is 1.53 bits per heavy atom. The molecule has 1 aliphatic carbocycles. The van der Waals surface area contributed by atoms with Gasteiger partial charge in [-0.3, -0.25) is 0 Å². The van der Waals surface area contributed by atoms with Crippen molar-refractivity contribution in [1.29, 1.82) is 0 Å². The summed E-state index contributed by atoms with van der Waals surface area (Å²) in [6.45, 7) is 5.41. The Morgan fingerprint density at radius 3 is 2.93 bits per heavy atom. The standard InChI is InChI=1S/C12H21N3/c1-3-15-9-8-13-12(15)14-10(2)11-6-4-5-7-11/h8-11H,3-7H2,1-2H3,(H,13,14). The lowest BCUT2D eigenvalue weighted by atomic mass is 10.0. The van der Waals surface area contributed by atoms with Crippen molar-refractivity contribution in [3.8, 4) is 0 Å². The quantitative estimate of drug-likeness (QED) is 0.822. The zero-order chi connectivity index (χ0) is 10.7. The number of imidazole rings is 1. The van der Waals surface area contributed by atoms with Crippen molar-refractivity contribution in [2.24, 2.45) is 5.92 Å². The van der Waals surface area contributed by atoms with E-state index in [1.165, 1.54) is 25.7 Å². The van der Waals surface area contributed by atoms with Crippen molar-refractivity contribution in [3.05, 3.63) is 12.4 Å². The number of hydrogen-bond donors (Lipinski definition) is 1. The Labute approximate surface area is 91.9 Å². The van der Waals surface area contributed by atoms with Crippen LogP contribution in [0.25, 0.3) is 0 Å². The summed E-state index contributed by atoms with van der Waals surface area (Å²) in [6.07, 6.45) is 9.46. The molecule has 1 N–H and O–H groups in total. The van der Waals surface area contributed by atoms with Crippen LogP contribution in [0.4, 0.5) is 5.95 Å². The van der Waals surface area contributed by atoms with Gasteiger partial charge in [0.25, 0.3) is 0 Å². The van der Waals surface area contributed by atoms with Crippen LogP contribution in [0.2, 0.25) is 0 Å². The third-order valence-corrected chi connectivity index (χ3v) is 3.52. The van der Waals surface area contributed by atoms with Crippen LogP contribution in [0.3, 0.4) is 0 Å². The molecule has 0 aromatic carbocycles. The Bertz CT molecular complexity index is 300. The minimum atomic E-state index is 0.556. The molecule has 1 unspecified atom stereocenters. The lowest BCUT2D eigenvalue weighted by Crippen LogP contribution is -2.25. The first-order valence-corrected chi connectivity index (χ1v) is 6.09. The van der Waals surface area contributed by atoms with Crippen molar-refractivity contribution in [1.82, 2.24) is 9.55 Å². The van der Waals surface area contributed by atoms with Gasteiger partial charge in [0.15, 0.2) is 0 Å². The van der Waals surface area contributed by atoms with Gasteiger partial charge in [-0.25, -0.2) is 4.98 Å².